The average Bonchev–Trinajstić information content (AvgIpc) is 2.79. The van der Waals surface area contributed by atoms with Gasteiger partial charge in [-0.05, 0) is 19.3 Å². The number of rotatable bonds is 10. The maximum absolute atomic E-state index is 14.2. The van der Waals surface area contributed by atoms with E-state index in [4.69, 9.17) is 4.74 Å². The molecule has 0 saturated carbocycles. The molecule has 0 aromatic carbocycles. The van der Waals surface area contributed by atoms with Crippen LogP contribution in [0.25, 0.3) is 0 Å². The fourth-order valence-corrected chi connectivity index (χ4v) is 7.94. The number of esters is 1. The summed E-state index contributed by atoms with van der Waals surface area (Å²) >= 11 is 0. The second-order valence-electron chi connectivity index (χ2n) is 5.71. The zero-order valence-electron chi connectivity index (χ0n) is 13.2. The van der Waals surface area contributed by atoms with Crippen LogP contribution in [0.5, 0.6) is 0 Å². The van der Waals surface area contributed by atoms with E-state index in [9.17, 15) is 9.18 Å². The summed E-state index contributed by atoms with van der Waals surface area (Å²) in [5.41, 5.74) is 0. The minimum Gasteiger partial charge on any atom is -0.452 e. The molecule has 0 aromatic rings. The third kappa shape index (κ3) is 4.28. The summed E-state index contributed by atoms with van der Waals surface area (Å²) in [5.74, 6) is -1.28. The molecule has 0 atom stereocenters. The maximum Gasteiger partial charge on any atom is 0.371 e. The predicted molar refractivity (Wildman–Crippen MR) is 85.3 cm³/mol. The molecule has 0 saturated heterocycles. The van der Waals surface area contributed by atoms with Crippen LogP contribution in [0.1, 0.15) is 59.3 Å². The first-order valence-electron chi connectivity index (χ1n) is 8.03. The van der Waals surface area contributed by atoms with E-state index in [-0.39, 0.29) is 6.61 Å². The van der Waals surface area contributed by atoms with Crippen molar-refractivity contribution in [3.05, 3.63) is 11.1 Å². The van der Waals surface area contributed by atoms with Crippen LogP contribution in [-0.4, -0.2) is 31.1 Å². The molecule has 0 amide bonds. The SMILES string of the molecule is CCCC[P+](CCCC)(CCCC)C1=C(F)C(=O)OC1. The topological polar surface area (TPSA) is 26.3 Å². The largest absolute Gasteiger partial charge is 0.452 e. The number of ether oxygens (including phenoxy) is 1. The average molecular weight is 303 g/mol. The molecular formula is C16H29FO2P+. The lowest BCUT2D eigenvalue weighted by atomic mass is 10.4. The molecule has 116 valence electrons. The van der Waals surface area contributed by atoms with Gasteiger partial charge >= 0.3 is 5.97 Å². The van der Waals surface area contributed by atoms with Gasteiger partial charge in [-0.2, -0.15) is 4.39 Å². The normalized spacial score (nSPS) is 15.9. The molecule has 2 nitrogen and oxygen atoms in total. The Kier molecular flexibility index (Phi) is 7.72. The number of carbonyl (C=O) groups is 1. The highest BCUT2D eigenvalue weighted by Gasteiger charge is 2.47. The summed E-state index contributed by atoms with van der Waals surface area (Å²) in [5, 5.41) is 0.762. The van der Waals surface area contributed by atoms with Crippen molar-refractivity contribution in [1.29, 1.82) is 0 Å². The van der Waals surface area contributed by atoms with Crippen LogP contribution in [0.15, 0.2) is 11.1 Å². The first kappa shape index (κ1) is 17.6. The highest BCUT2D eigenvalue weighted by molar-refractivity contribution is 7.79. The van der Waals surface area contributed by atoms with Gasteiger partial charge in [-0.15, -0.1) is 0 Å². The summed E-state index contributed by atoms with van der Waals surface area (Å²) in [6.07, 6.45) is 10.0. The highest BCUT2D eigenvalue weighted by atomic mass is 31.2. The van der Waals surface area contributed by atoms with Gasteiger partial charge in [-0.3, -0.25) is 0 Å². The van der Waals surface area contributed by atoms with Gasteiger partial charge in [0.25, 0.3) is 0 Å². The lowest BCUT2D eigenvalue weighted by Crippen LogP contribution is -2.13. The second-order valence-corrected chi connectivity index (χ2v) is 9.89. The van der Waals surface area contributed by atoms with E-state index in [0.29, 0.717) is 0 Å². The molecule has 0 bridgehead atoms. The number of cyclic esters (lactones) is 1. The van der Waals surface area contributed by atoms with E-state index in [1.807, 2.05) is 0 Å². The van der Waals surface area contributed by atoms with Crippen molar-refractivity contribution in [3.8, 4) is 0 Å². The van der Waals surface area contributed by atoms with Crippen molar-refractivity contribution in [2.45, 2.75) is 59.3 Å². The first-order valence-corrected chi connectivity index (χ1v) is 10.4. The Labute approximate surface area is 123 Å². The Bertz CT molecular complexity index is 331. The monoisotopic (exact) mass is 303 g/mol. The summed E-state index contributed by atoms with van der Waals surface area (Å²) in [7, 11) is -1.53. The molecule has 0 spiro atoms. The van der Waals surface area contributed by atoms with Gasteiger partial charge in [0.1, 0.15) is 0 Å². The highest BCUT2D eigenvalue weighted by Crippen LogP contribution is 2.69. The van der Waals surface area contributed by atoms with Crippen LogP contribution >= 0.6 is 7.26 Å². The molecule has 0 aromatic heterocycles. The van der Waals surface area contributed by atoms with E-state index in [1.165, 1.54) is 0 Å². The van der Waals surface area contributed by atoms with Gasteiger partial charge in [-0.25, -0.2) is 4.79 Å². The molecule has 0 N–H and O–H groups in total. The first-order chi connectivity index (χ1) is 9.61. The molecule has 0 radical (unpaired) electrons. The van der Waals surface area contributed by atoms with Crippen LogP contribution in [0.3, 0.4) is 0 Å². The minimum absolute atomic E-state index is 0.218. The molecule has 0 fully saturated rings. The minimum atomic E-state index is -1.53. The summed E-state index contributed by atoms with van der Waals surface area (Å²) in [6.45, 7) is 6.75. The van der Waals surface area contributed by atoms with Crippen LogP contribution in [0, 0.1) is 0 Å². The smallest absolute Gasteiger partial charge is 0.371 e. The lowest BCUT2D eigenvalue weighted by Gasteiger charge is -2.27. The molecule has 0 unspecified atom stereocenters. The van der Waals surface area contributed by atoms with Gasteiger partial charge in [0.15, 0.2) is 11.9 Å². The zero-order valence-corrected chi connectivity index (χ0v) is 14.1. The van der Waals surface area contributed by atoms with Crippen molar-refractivity contribution in [1.82, 2.24) is 0 Å². The molecule has 1 heterocycles. The van der Waals surface area contributed by atoms with Gasteiger partial charge in [0.05, 0.1) is 18.5 Å². The van der Waals surface area contributed by atoms with E-state index in [2.05, 4.69) is 20.8 Å². The number of halogens is 1. The molecule has 1 rings (SSSR count). The zero-order chi connectivity index (χ0) is 15.0. The maximum atomic E-state index is 14.2. The van der Waals surface area contributed by atoms with E-state index in [1.54, 1.807) is 0 Å². The van der Waals surface area contributed by atoms with Crippen molar-refractivity contribution < 1.29 is 13.9 Å². The quantitative estimate of drug-likeness (QED) is 0.412. The van der Waals surface area contributed by atoms with E-state index >= 15 is 0 Å². The van der Waals surface area contributed by atoms with Crippen LogP contribution in [-0.2, 0) is 9.53 Å². The van der Waals surface area contributed by atoms with E-state index < -0.39 is 19.1 Å². The van der Waals surface area contributed by atoms with Gasteiger partial charge in [0, 0.05) is 7.26 Å². The summed E-state index contributed by atoms with van der Waals surface area (Å²) in [4.78, 5) is 11.4. The Balaban J connectivity index is 3.02. The van der Waals surface area contributed by atoms with Crippen LogP contribution < -0.4 is 0 Å². The third-order valence-electron chi connectivity index (χ3n) is 4.16. The molecule has 1 aliphatic heterocycles. The Hall–Kier alpha value is -0.430. The van der Waals surface area contributed by atoms with Crippen LogP contribution in [0.2, 0.25) is 0 Å². The van der Waals surface area contributed by atoms with Crippen molar-refractivity contribution in [2.24, 2.45) is 0 Å². The second kappa shape index (κ2) is 8.77. The summed E-state index contributed by atoms with van der Waals surface area (Å²) in [6, 6.07) is 0. The van der Waals surface area contributed by atoms with Gasteiger partial charge in [-0.1, -0.05) is 40.0 Å². The number of hydrogen-bond acceptors (Lipinski definition) is 2. The third-order valence-corrected chi connectivity index (χ3v) is 9.15. The molecule has 4 heteroatoms. The van der Waals surface area contributed by atoms with Gasteiger partial charge in [0.2, 0.25) is 5.83 Å². The van der Waals surface area contributed by atoms with E-state index in [0.717, 1.165) is 62.3 Å². The number of hydrogen-bond donors (Lipinski definition) is 0. The fraction of sp³-hybridized carbons (Fsp3) is 0.812. The Morgan fingerprint density at radius 2 is 1.45 bits per heavy atom. The van der Waals surface area contributed by atoms with Crippen molar-refractivity contribution in [3.63, 3.8) is 0 Å². The van der Waals surface area contributed by atoms with Crippen molar-refractivity contribution in [2.75, 3.05) is 25.1 Å². The molecular weight excluding hydrogens is 274 g/mol. The standard InChI is InChI=1S/C16H29FO2P/c1-4-7-10-20(11-8-5-2,12-9-6-3)14-13-19-16(18)15(14)17/h4-13H2,1-3H3/q+1. The summed E-state index contributed by atoms with van der Waals surface area (Å²) < 4.78 is 19.2. The van der Waals surface area contributed by atoms with Crippen LogP contribution in [0.4, 0.5) is 4.39 Å². The van der Waals surface area contributed by atoms with Crippen molar-refractivity contribution >= 4 is 13.2 Å². The predicted octanol–water partition coefficient (Wildman–Crippen LogP) is 5.14. The number of unbranched alkanes of at least 4 members (excludes halogenated alkanes) is 3. The molecule has 1 aliphatic rings. The Morgan fingerprint density at radius 3 is 1.75 bits per heavy atom. The lowest BCUT2D eigenvalue weighted by molar-refractivity contribution is -0.137. The Morgan fingerprint density at radius 1 is 1.00 bits per heavy atom. The van der Waals surface area contributed by atoms with Gasteiger partial charge < -0.3 is 4.74 Å². The molecule has 20 heavy (non-hydrogen) atoms. The fourth-order valence-electron chi connectivity index (χ4n) is 2.85. The molecule has 0 aliphatic carbocycles. The number of carbonyl (C=O) groups excluding carboxylic acids is 1.